The molecule has 6 heteroatoms. The Morgan fingerprint density at radius 2 is 1.83 bits per heavy atom. The van der Waals surface area contributed by atoms with E-state index in [1.54, 1.807) is 25.3 Å². The van der Waals surface area contributed by atoms with Crippen molar-refractivity contribution in [3.05, 3.63) is 46.9 Å². The number of aryl methyl sites for hydroxylation is 2. The van der Waals surface area contributed by atoms with Crippen molar-refractivity contribution in [1.82, 2.24) is 5.43 Å². The highest BCUT2D eigenvalue weighted by Crippen LogP contribution is 2.27. The van der Waals surface area contributed by atoms with Crippen molar-refractivity contribution >= 4 is 11.6 Å². The fourth-order valence-electron chi connectivity index (χ4n) is 2.23. The first-order chi connectivity index (χ1) is 11.0. The molecular formula is C17H20N2O4. The van der Waals surface area contributed by atoms with Crippen molar-refractivity contribution in [3.8, 4) is 11.5 Å². The summed E-state index contributed by atoms with van der Waals surface area (Å²) in [5, 5.41) is 4.13. The lowest BCUT2D eigenvalue weighted by Gasteiger charge is -2.09. The van der Waals surface area contributed by atoms with E-state index in [9.17, 15) is 4.79 Å². The Bertz CT molecular complexity index is 747. The third-order valence-electron chi connectivity index (χ3n) is 3.40. The lowest BCUT2D eigenvalue weighted by atomic mass is 10.2. The van der Waals surface area contributed by atoms with Crippen LogP contribution in [0.5, 0.6) is 11.5 Å². The molecule has 1 N–H and O–H groups in total. The first-order valence-corrected chi connectivity index (χ1v) is 7.10. The van der Waals surface area contributed by atoms with Gasteiger partial charge in [-0.3, -0.25) is 4.79 Å². The van der Waals surface area contributed by atoms with Crippen LogP contribution >= 0.6 is 0 Å². The number of hydrazone groups is 1. The number of furan rings is 1. The van der Waals surface area contributed by atoms with E-state index in [1.165, 1.54) is 7.11 Å². The number of methoxy groups -OCH3 is 2. The van der Waals surface area contributed by atoms with E-state index in [0.29, 0.717) is 22.8 Å². The maximum Gasteiger partial charge on any atom is 0.271 e. The van der Waals surface area contributed by atoms with Gasteiger partial charge >= 0.3 is 0 Å². The first kappa shape index (κ1) is 16.6. The number of carbonyl (C=O) groups is 1. The lowest BCUT2D eigenvalue weighted by molar-refractivity contribution is 0.0954. The molecule has 0 bridgehead atoms. The van der Waals surface area contributed by atoms with E-state index in [4.69, 9.17) is 13.9 Å². The van der Waals surface area contributed by atoms with E-state index in [0.717, 1.165) is 17.1 Å². The minimum Gasteiger partial charge on any atom is -0.493 e. The van der Waals surface area contributed by atoms with Gasteiger partial charge in [0.1, 0.15) is 11.5 Å². The Balaban J connectivity index is 2.16. The van der Waals surface area contributed by atoms with E-state index in [2.05, 4.69) is 10.5 Å². The molecule has 0 aliphatic rings. The van der Waals surface area contributed by atoms with Gasteiger partial charge in [0.25, 0.3) is 5.91 Å². The molecule has 2 rings (SSSR count). The maximum atomic E-state index is 12.2. The summed E-state index contributed by atoms with van der Waals surface area (Å²) in [6.07, 6.45) is 0. The van der Waals surface area contributed by atoms with Gasteiger partial charge < -0.3 is 13.9 Å². The van der Waals surface area contributed by atoms with Crippen LogP contribution in [0.2, 0.25) is 0 Å². The molecule has 122 valence electrons. The van der Waals surface area contributed by atoms with Gasteiger partial charge in [0.15, 0.2) is 11.5 Å². The molecule has 1 amide bonds. The molecule has 0 saturated carbocycles. The highest BCUT2D eigenvalue weighted by Gasteiger charge is 2.12. The van der Waals surface area contributed by atoms with Gasteiger partial charge in [-0.2, -0.15) is 5.10 Å². The van der Waals surface area contributed by atoms with Gasteiger partial charge in [-0.25, -0.2) is 5.43 Å². The Morgan fingerprint density at radius 1 is 1.13 bits per heavy atom. The third kappa shape index (κ3) is 3.71. The molecule has 1 aromatic carbocycles. The second-order valence-corrected chi connectivity index (χ2v) is 5.03. The molecule has 0 spiro atoms. The fourth-order valence-corrected chi connectivity index (χ4v) is 2.23. The van der Waals surface area contributed by atoms with Crippen LogP contribution in [0.4, 0.5) is 0 Å². The molecule has 0 aliphatic heterocycles. The topological polar surface area (TPSA) is 73.1 Å². The monoisotopic (exact) mass is 316 g/mol. The summed E-state index contributed by atoms with van der Waals surface area (Å²) in [4.78, 5) is 12.2. The zero-order valence-electron chi connectivity index (χ0n) is 13.9. The van der Waals surface area contributed by atoms with Gasteiger partial charge in [-0.05, 0) is 45.0 Å². The summed E-state index contributed by atoms with van der Waals surface area (Å²) < 4.78 is 15.8. The average molecular weight is 316 g/mol. The van der Waals surface area contributed by atoms with Crippen molar-refractivity contribution in [2.45, 2.75) is 20.8 Å². The minimum absolute atomic E-state index is 0.330. The number of hydrogen-bond donors (Lipinski definition) is 1. The van der Waals surface area contributed by atoms with Gasteiger partial charge in [0.2, 0.25) is 0 Å². The predicted octanol–water partition coefficient (Wildman–Crippen LogP) is 3.07. The van der Waals surface area contributed by atoms with Gasteiger partial charge in [0, 0.05) is 11.1 Å². The van der Waals surface area contributed by atoms with Crippen LogP contribution < -0.4 is 14.9 Å². The van der Waals surface area contributed by atoms with Gasteiger partial charge in [0.05, 0.1) is 19.9 Å². The van der Waals surface area contributed by atoms with Crippen molar-refractivity contribution in [3.63, 3.8) is 0 Å². The first-order valence-electron chi connectivity index (χ1n) is 7.10. The molecule has 1 aromatic heterocycles. The summed E-state index contributed by atoms with van der Waals surface area (Å²) in [5.74, 6) is 2.29. The molecule has 0 radical (unpaired) electrons. The van der Waals surface area contributed by atoms with Crippen molar-refractivity contribution in [2.75, 3.05) is 14.2 Å². The smallest absolute Gasteiger partial charge is 0.271 e. The van der Waals surface area contributed by atoms with Crippen LogP contribution in [0, 0.1) is 13.8 Å². The number of nitrogens with one attached hydrogen (secondary N) is 1. The van der Waals surface area contributed by atoms with Crippen LogP contribution in [0.25, 0.3) is 0 Å². The Labute approximate surface area is 135 Å². The van der Waals surface area contributed by atoms with Crippen LogP contribution in [-0.4, -0.2) is 25.8 Å². The number of benzene rings is 1. The quantitative estimate of drug-likeness (QED) is 0.679. The molecule has 1 heterocycles. The summed E-state index contributed by atoms with van der Waals surface area (Å²) in [6.45, 7) is 5.54. The van der Waals surface area contributed by atoms with E-state index >= 15 is 0 Å². The van der Waals surface area contributed by atoms with Crippen LogP contribution in [0.3, 0.4) is 0 Å². The number of hydrogen-bond acceptors (Lipinski definition) is 5. The van der Waals surface area contributed by atoms with Crippen molar-refractivity contribution in [2.24, 2.45) is 5.10 Å². The number of nitrogens with zero attached hydrogens (tertiary/aromatic N) is 1. The van der Waals surface area contributed by atoms with E-state index in [-0.39, 0.29) is 5.91 Å². The molecule has 0 fully saturated rings. The number of amides is 1. The number of carbonyl (C=O) groups excluding carboxylic acids is 1. The fraction of sp³-hybridized carbons (Fsp3) is 0.294. The summed E-state index contributed by atoms with van der Waals surface area (Å²) in [5.41, 5.74) is 4.51. The summed E-state index contributed by atoms with van der Waals surface area (Å²) in [7, 11) is 3.06. The second-order valence-electron chi connectivity index (χ2n) is 5.03. The predicted molar refractivity (Wildman–Crippen MR) is 87.4 cm³/mol. The normalized spacial score (nSPS) is 11.3. The lowest BCUT2D eigenvalue weighted by Crippen LogP contribution is -2.19. The van der Waals surface area contributed by atoms with Crippen LogP contribution in [-0.2, 0) is 0 Å². The Morgan fingerprint density at radius 3 is 2.39 bits per heavy atom. The molecule has 0 atom stereocenters. The molecule has 0 saturated heterocycles. The van der Waals surface area contributed by atoms with Crippen molar-refractivity contribution in [1.29, 1.82) is 0 Å². The van der Waals surface area contributed by atoms with Gasteiger partial charge in [-0.15, -0.1) is 0 Å². The zero-order chi connectivity index (χ0) is 17.0. The SMILES string of the molecule is COc1ccc(C(=O)N/N=C(/C)c2cc(C)oc2C)cc1OC. The van der Waals surface area contributed by atoms with Crippen LogP contribution in [0.1, 0.15) is 34.4 Å². The molecule has 0 aliphatic carbocycles. The number of rotatable bonds is 5. The highest BCUT2D eigenvalue weighted by molar-refractivity contribution is 6.01. The zero-order valence-corrected chi connectivity index (χ0v) is 13.9. The van der Waals surface area contributed by atoms with Gasteiger partial charge in [-0.1, -0.05) is 0 Å². The summed E-state index contributed by atoms with van der Waals surface area (Å²) in [6, 6.07) is 6.81. The second kappa shape index (κ2) is 7.00. The standard InChI is InChI=1S/C17H20N2O4/c1-10-8-14(12(3)23-10)11(2)18-19-17(20)13-6-7-15(21-4)16(9-13)22-5/h6-9H,1-5H3,(H,19,20)/b18-11-. The highest BCUT2D eigenvalue weighted by atomic mass is 16.5. The molecule has 6 nitrogen and oxygen atoms in total. The Kier molecular flexibility index (Phi) is 5.05. The number of ether oxygens (including phenoxy) is 2. The third-order valence-corrected chi connectivity index (χ3v) is 3.40. The molecular weight excluding hydrogens is 296 g/mol. The Hall–Kier alpha value is -2.76. The van der Waals surface area contributed by atoms with E-state index in [1.807, 2.05) is 26.8 Å². The minimum atomic E-state index is -0.330. The molecule has 2 aromatic rings. The molecule has 23 heavy (non-hydrogen) atoms. The van der Waals surface area contributed by atoms with E-state index < -0.39 is 0 Å². The maximum absolute atomic E-state index is 12.2. The van der Waals surface area contributed by atoms with Crippen LogP contribution in [0.15, 0.2) is 33.8 Å². The summed E-state index contributed by atoms with van der Waals surface area (Å²) >= 11 is 0. The molecule has 0 unspecified atom stereocenters. The largest absolute Gasteiger partial charge is 0.493 e. The van der Waals surface area contributed by atoms with Crippen molar-refractivity contribution < 1.29 is 18.7 Å². The average Bonchev–Trinajstić information content (AvgIpc) is 2.90.